The number of nitrogens with zero attached hydrogens (tertiary/aromatic N) is 2. The summed E-state index contributed by atoms with van der Waals surface area (Å²) in [6.45, 7) is 0. The summed E-state index contributed by atoms with van der Waals surface area (Å²) in [5, 5.41) is 9.29. The Morgan fingerprint density at radius 2 is 0.500 bits per heavy atom. The van der Waals surface area contributed by atoms with Gasteiger partial charge in [-0.3, -0.25) is 0 Å². The van der Waals surface area contributed by atoms with E-state index in [1.807, 2.05) is 24.3 Å². The Balaban J connectivity index is 0.912. The molecule has 0 atom stereocenters. The molecular formula is C62H40N2O2. The summed E-state index contributed by atoms with van der Waals surface area (Å²) in [6, 6.07) is 86.5. The molecule has 13 rings (SSSR count). The molecule has 0 N–H and O–H groups in total. The highest BCUT2D eigenvalue weighted by Crippen LogP contribution is 2.46. The Morgan fingerprint density at radius 3 is 0.879 bits per heavy atom. The zero-order valence-corrected chi connectivity index (χ0v) is 35.8. The summed E-state index contributed by atoms with van der Waals surface area (Å²) < 4.78 is 12.4. The second-order valence-electron chi connectivity index (χ2n) is 16.8. The summed E-state index contributed by atoms with van der Waals surface area (Å²) in [7, 11) is 0. The topological polar surface area (TPSA) is 32.8 Å². The van der Waals surface area contributed by atoms with Crippen LogP contribution in [-0.4, -0.2) is 0 Å². The molecule has 0 radical (unpaired) electrons. The Labute approximate surface area is 381 Å². The molecule has 0 aliphatic carbocycles. The van der Waals surface area contributed by atoms with Crippen LogP contribution in [0.15, 0.2) is 251 Å². The van der Waals surface area contributed by atoms with E-state index in [9.17, 15) is 0 Å². The number of furan rings is 2. The highest BCUT2D eigenvalue weighted by atomic mass is 16.3. The monoisotopic (exact) mass is 844 g/mol. The van der Waals surface area contributed by atoms with Crippen molar-refractivity contribution < 1.29 is 8.83 Å². The van der Waals surface area contributed by atoms with Crippen LogP contribution in [0, 0.1) is 0 Å². The lowest BCUT2D eigenvalue weighted by atomic mass is 9.86. The van der Waals surface area contributed by atoms with Crippen LogP contribution in [-0.2, 0) is 0 Å². The van der Waals surface area contributed by atoms with Crippen LogP contribution in [0.1, 0.15) is 0 Å². The number of hydrogen-bond acceptors (Lipinski definition) is 4. The van der Waals surface area contributed by atoms with Gasteiger partial charge in [-0.05, 0) is 141 Å². The van der Waals surface area contributed by atoms with E-state index in [0.717, 1.165) is 78.0 Å². The number of hydrogen-bond donors (Lipinski definition) is 0. The molecule has 2 heterocycles. The average Bonchev–Trinajstić information content (AvgIpc) is 3.95. The molecule has 0 saturated heterocycles. The van der Waals surface area contributed by atoms with Crippen molar-refractivity contribution in [2.24, 2.45) is 0 Å². The molecule has 4 nitrogen and oxygen atoms in total. The van der Waals surface area contributed by atoms with Crippen molar-refractivity contribution in [1.82, 2.24) is 0 Å². The van der Waals surface area contributed by atoms with Gasteiger partial charge in [0.2, 0.25) is 0 Å². The van der Waals surface area contributed by atoms with Crippen LogP contribution in [0.4, 0.5) is 34.1 Å². The first kappa shape index (κ1) is 37.7. The van der Waals surface area contributed by atoms with Gasteiger partial charge in [-0.1, -0.05) is 146 Å². The van der Waals surface area contributed by atoms with Gasteiger partial charge >= 0.3 is 0 Å². The van der Waals surface area contributed by atoms with Crippen LogP contribution in [0.2, 0.25) is 0 Å². The summed E-state index contributed by atoms with van der Waals surface area (Å²) in [5.41, 5.74) is 14.8. The van der Waals surface area contributed by atoms with Crippen LogP contribution in [0.5, 0.6) is 0 Å². The SMILES string of the molecule is c1ccc(N(c2ccc(-c3c4ccccc4c(-c4ccc(N(c5ccccc5)c5ccc6oc7ccccc7c6c5)cc4)c4ccccc34)cc2)c2ccc3oc4ccccc4c3c2)cc1. The van der Waals surface area contributed by atoms with E-state index in [1.165, 1.54) is 43.8 Å². The summed E-state index contributed by atoms with van der Waals surface area (Å²) in [6.07, 6.45) is 0. The first-order valence-electron chi connectivity index (χ1n) is 22.4. The molecular weight excluding hydrogens is 805 g/mol. The summed E-state index contributed by atoms with van der Waals surface area (Å²) >= 11 is 0. The fraction of sp³-hybridized carbons (Fsp3) is 0. The van der Waals surface area contributed by atoms with Gasteiger partial charge in [-0.25, -0.2) is 0 Å². The highest BCUT2D eigenvalue weighted by Gasteiger charge is 2.21. The second kappa shape index (κ2) is 15.4. The number of fused-ring (bicyclic) bond motifs is 8. The predicted molar refractivity (Wildman–Crippen MR) is 276 cm³/mol. The lowest BCUT2D eigenvalue weighted by Gasteiger charge is -2.26. The van der Waals surface area contributed by atoms with Crippen LogP contribution >= 0.6 is 0 Å². The lowest BCUT2D eigenvalue weighted by Crippen LogP contribution is -2.09. The number of para-hydroxylation sites is 4. The first-order valence-corrected chi connectivity index (χ1v) is 22.4. The fourth-order valence-corrected chi connectivity index (χ4v) is 10.1. The number of rotatable bonds is 8. The molecule has 0 aliphatic rings. The van der Waals surface area contributed by atoms with Crippen LogP contribution < -0.4 is 9.80 Å². The van der Waals surface area contributed by atoms with Gasteiger partial charge in [0.1, 0.15) is 22.3 Å². The molecule has 0 amide bonds. The van der Waals surface area contributed by atoms with Gasteiger partial charge in [-0.2, -0.15) is 0 Å². The largest absolute Gasteiger partial charge is 0.456 e. The van der Waals surface area contributed by atoms with Gasteiger partial charge in [0, 0.05) is 55.7 Å². The third-order valence-corrected chi connectivity index (χ3v) is 13.0. The van der Waals surface area contributed by atoms with E-state index in [0.29, 0.717) is 0 Å². The maximum atomic E-state index is 6.22. The van der Waals surface area contributed by atoms with Gasteiger partial charge < -0.3 is 18.6 Å². The Morgan fingerprint density at radius 1 is 0.212 bits per heavy atom. The van der Waals surface area contributed by atoms with Gasteiger partial charge in [0.25, 0.3) is 0 Å². The van der Waals surface area contributed by atoms with E-state index in [1.54, 1.807) is 0 Å². The molecule has 0 aliphatic heterocycles. The zero-order chi connectivity index (χ0) is 43.6. The molecule has 13 aromatic rings. The molecule has 66 heavy (non-hydrogen) atoms. The van der Waals surface area contributed by atoms with Gasteiger partial charge in [0.05, 0.1) is 0 Å². The minimum atomic E-state index is 0.883. The van der Waals surface area contributed by atoms with E-state index < -0.39 is 0 Å². The molecule has 0 unspecified atom stereocenters. The minimum absolute atomic E-state index is 0.883. The first-order chi connectivity index (χ1) is 32.7. The van der Waals surface area contributed by atoms with Crippen molar-refractivity contribution in [2.75, 3.05) is 9.80 Å². The quantitative estimate of drug-likeness (QED) is 0.143. The predicted octanol–water partition coefficient (Wildman–Crippen LogP) is 18.1. The number of benzene rings is 11. The maximum Gasteiger partial charge on any atom is 0.135 e. The van der Waals surface area contributed by atoms with E-state index in [-0.39, 0.29) is 0 Å². The average molecular weight is 845 g/mol. The van der Waals surface area contributed by atoms with Crippen molar-refractivity contribution >= 4 is 99.5 Å². The van der Waals surface area contributed by atoms with E-state index >= 15 is 0 Å². The third kappa shape index (κ3) is 6.22. The zero-order valence-electron chi connectivity index (χ0n) is 35.8. The van der Waals surface area contributed by atoms with Gasteiger partial charge in [-0.15, -0.1) is 0 Å². The van der Waals surface area contributed by atoms with E-state index in [4.69, 9.17) is 8.83 Å². The standard InChI is InChI=1S/C62H40N2O2/c1-3-15-43(16-4-1)63(47-35-37-59-55(39-47)49-19-11-13-25-57(49)65-59)45-31-27-41(28-32-45)61-51-21-7-9-23-53(51)62(54-24-10-8-22-52(54)61)42-29-33-46(34-30-42)64(44-17-5-2-6-18-44)48-36-38-60-56(40-48)50-20-12-14-26-58(50)66-60/h1-40H. The molecule has 0 fully saturated rings. The Hall–Kier alpha value is -8.86. The third-order valence-electron chi connectivity index (χ3n) is 13.0. The van der Waals surface area contributed by atoms with Gasteiger partial charge in [0.15, 0.2) is 0 Å². The minimum Gasteiger partial charge on any atom is -0.456 e. The van der Waals surface area contributed by atoms with Crippen LogP contribution in [0.3, 0.4) is 0 Å². The molecule has 11 aromatic carbocycles. The van der Waals surface area contributed by atoms with Crippen molar-refractivity contribution in [2.45, 2.75) is 0 Å². The van der Waals surface area contributed by atoms with Crippen LogP contribution in [0.25, 0.3) is 87.7 Å². The molecule has 2 aromatic heterocycles. The second-order valence-corrected chi connectivity index (χ2v) is 16.8. The van der Waals surface area contributed by atoms with E-state index in [2.05, 4.69) is 228 Å². The lowest BCUT2D eigenvalue weighted by molar-refractivity contribution is 0.668. The smallest absolute Gasteiger partial charge is 0.135 e. The molecule has 0 saturated carbocycles. The Kier molecular flexibility index (Phi) is 8.81. The Bertz CT molecular complexity index is 3610. The molecule has 310 valence electrons. The maximum absolute atomic E-state index is 6.22. The molecule has 0 spiro atoms. The molecule has 4 heteroatoms. The van der Waals surface area contributed by atoms with Crippen molar-refractivity contribution in [3.8, 4) is 22.3 Å². The fourth-order valence-electron chi connectivity index (χ4n) is 10.1. The van der Waals surface area contributed by atoms with Crippen molar-refractivity contribution in [3.05, 3.63) is 243 Å². The summed E-state index contributed by atoms with van der Waals surface area (Å²) in [4.78, 5) is 4.65. The number of anilines is 6. The van der Waals surface area contributed by atoms with Crippen molar-refractivity contribution in [3.63, 3.8) is 0 Å². The summed E-state index contributed by atoms with van der Waals surface area (Å²) in [5.74, 6) is 0. The molecule has 0 bridgehead atoms. The van der Waals surface area contributed by atoms with Crippen molar-refractivity contribution in [1.29, 1.82) is 0 Å². The highest BCUT2D eigenvalue weighted by molar-refractivity contribution is 6.21. The normalized spacial score (nSPS) is 11.6.